The number of aliphatic hydroxyl groups is 1. The van der Waals surface area contributed by atoms with Gasteiger partial charge in [-0.15, -0.1) is 0 Å². The minimum Gasteiger partial charge on any atom is -0.393 e. The lowest BCUT2D eigenvalue weighted by Gasteiger charge is -2.28. The number of piperidine rings is 1. The van der Waals surface area contributed by atoms with Crippen LogP contribution in [0.2, 0.25) is 0 Å². The predicted octanol–water partition coefficient (Wildman–Crippen LogP) is 0.652. The average Bonchev–Trinajstić information content (AvgIpc) is 2.28. The fourth-order valence-corrected chi connectivity index (χ4v) is 2.09. The van der Waals surface area contributed by atoms with Crippen molar-refractivity contribution in [2.45, 2.75) is 51.7 Å². The topological polar surface area (TPSA) is 61.4 Å². The Bertz CT molecular complexity index is 219. The molecule has 1 rings (SSSR count). The van der Waals surface area contributed by atoms with E-state index in [0.29, 0.717) is 18.9 Å². The number of amides is 1. The third kappa shape index (κ3) is 4.49. The van der Waals surface area contributed by atoms with Crippen molar-refractivity contribution in [2.75, 3.05) is 13.1 Å². The van der Waals surface area contributed by atoms with Crippen LogP contribution in [0.4, 0.5) is 0 Å². The van der Waals surface area contributed by atoms with E-state index < -0.39 is 0 Å². The molecule has 0 saturated carbocycles. The van der Waals surface area contributed by atoms with Crippen LogP contribution in [-0.2, 0) is 4.79 Å². The molecule has 3 atom stereocenters. The number of hydrogen-bond acceptors (Lipinski definition) is 3. The lowest BCUT2D eigenvalue weighted by molar-refractivity contribution is -0.124. The van der Waals surface area contributed by atoms with Crippen LogP contribution in [-0.4, -0.2) is 36.2 Å². The smallest absolute Gasteiger partial charge is 0.237 e. The molecule has 94 valence electrons. The third-order valence-electron chi connectivity index (χ3n) is 3.27. The number of aliphatic hydroxyl groups excluding tert-OH is 1. The Kier molecular flexibility index (Phi) is 5.77. The normalized spacial score (nSPS) is 27.4. The Morgan fingerprint density at radius 1 is 1.62 bits per heavy atom. The van der Waals surface area contributed by atoms with Crippen molar-refractivity contribution < 1.29 is 9.90 Å². The summed E-state index contributed by atoms with van der Waals surface area (Å²) in [6, 6.07) is -0.0345. The average molecular weight is 228 g/mol. The molecule has 4 heteroatoms. The summed E-state index contributed by atoms with van der Waals surface area (Å²) < 4.78 is 0. The zero-order valence-electron chi connectivity index (χ0n) is 10.3. The Labute approximate surface area is 97.8 Å². The summed E-state index contributed by atoms with van der Waals surface area (Å²) in [5.41, 5.74) is 0. The quantitative estimate of drug-likeness (QED) is 0.647. The molecule has 0 aromatic carbocycles. The fraction of sp³-hybridized carbons (Fsp3) is 0.917. The van der Waals surface area contributed by atoms with Crippen LogP contribution in [0, 0.1) is 5.92 Å². The highest BCUT2D eigenvalue weighted by Crippen LogP contribution is 2.19. The van der Waals surface area contributed by atoms with Gasteiger partial charge >= 0.3 is 0 Å². The molecule has 0 aromatic rings. The number of rotatable bonds is 5. The molecule has 1 amide bonds. The molecule has 1 heterocycles. The van der Waals surface area contributed by atoms with Crippen LogP contribution in [0.3, 0.4) is 0 Å². The number of nitrogens with one attached hydrogen (secondary N) is 2. The van der Waals surface area contributed by atoms with E-state index in [0.717, 1.165) is 19.4 Å². The SMILES string of the molecule is CCC1CCNC(C(=O)NCCC(C)O)C1. The molecule has 16 heavy (non-hydrogen) atoms. The van der Waals surface area contributed by atoms with E-state index in [2.05, 4.69) is 17.6 Å². The van der Waals surface area contributed by atoms with Gasteiger partial charge in [0.15, 0.2) is 0 Å². The standard InChI is InChI=1S/C12H24N2O2/c1-3-10-5-7-13-11(8-10)12(16)14-6-4-9(2)15/h9-11,13,15H,3-8H2,1-2H3,(H,14,16). The number of carbonyl (C=O) groups is 1. The highest BCUT2D eigenvalue weighted by molar-refractivity contribution is 5.81. The van der Waals surface area contributed by atoms with Crippen LogP contribution >= 0.6 is 0 Å². The largest absolute Gasteiger partial charge is 0.393 e. The molecule has 0 aliphatic carbocycles. The second kappa shape index (κ2) is 6.86. The lowest BCUT2D eigenvalue weighted by Crippen LogP contribution is -2.49. The van der Waals surface area contributed by atoms with E-state index in [9.17, 15) is 4.79 Å². The van der Waals surface area contributed by atoms with Crippen molar-refractivity contribution in [3.8, 4) is 0 Å². The van der Waals surface area contributed by atoms with E-state index in [1.807, 2.05) is 0 Å². The Hall–Kier alpha value is -0.610. The minimum absolute atomic E-state index is 0.0345. The third-order valence-corrected chi connectivity index (χ3v) is 3.27. The summed E-state index contributed by atoms with van der Waals surface area (Å²) in [5, 5.41) is 15.2. The van der Waals surface area contributed by atoms with Gasteiger partial charge in [0.2, 0.25) is 5.91 Å². The van der Waals surface area contributed by atoms with Crippen LogP contribution < -0.4 is 10.6 Å². The summed E-state index contributed by atoms with van der Waals surface area (Å²) >= 11 is 0. The van der Waals surface area contributed by atoms with E-state index in [4.69, 9.17) is 5.11 Å². The van der Waals surface area contributed by atoms with E-state index in [1.54, 1.807) is 6.92 Å². The summed E-state index contributed by atoms with van der Waals surface area (Å²) in [7, 11) is 0. The molecule has 4 nitrogen and oxygen atoms in total. The summed E-state index contributed by atoms with van der Waals surface area (Å²) in [5.74, 6) is 0.757. The van der Waals surface area contributed by atoms with Gasteiger partial charge in [0.25, 0.3) is 0 Å². The van der Waals surface area contributed by atoms with Gasteiger partial charge in [-0.25, -0.2) is 0 Å². The first kappa shape index (κ1) is 13.5. The molecular formula is C12H24N2O2. The first-order valence-corrected chi connectivity index (χ1v) is 6.32. The number of carbonyl (C=O) groups excluding carboxylic acids is 1. The van der Waals surface area contributed by atoms with Gasteiger partial charge in [0.05, 0.1) is 12.1 Å². The van der Waals surface area contributed by atoms with Crippen molar-refractivity contribution in [3.05, 3.63) is 0 Å². The monoisotopic (exact) mass is 228 g/mol. The molecule has 0 radical (unpaired) electrons. The minimum atomic E-state index is -0.344. The van der Waals surface area contributed by atoms with Gasteiger partial charge in [0.1, 0.15) is 0 Å². The molecule has 3 unspecified atom stereocenters. The lowest BCUT2D eigenvalue weighted by atomic mass is 9.90. The summed E-state index contributed by atoms with van der Waals surface area (Å²) in [4.78, 5) is 11.8. The van der Waals surface area contributed by atoms with E-state index in [-0.39, 0.29) is 18.1 Å². The van der Waals surface area contributed by atoms with Crippen LogP contribution in [0.1, 0.15) is 39.5 Å². The molecular weight excluding hydrogens is 204 g/mol. The number of hydrogen-bond donors (Lipinski definition) is 3. The molecule has 1 fully saturated rings. The molecule has 1 aliphatic rings. The fourth-order valence-electron chi connectivity index (χ4n) is 2.09. The summed E-state index contributed by atoms with van der Waals surface area (Å²) in [6.07, 6.45) is 3.54. The molecule has 3 N–H and O–H groups in total. The van der Waals surface area contributed by atoms with Crippen molar-refractivity contribution in [3.63, 3.8) is 0 Å². The van der Waals surface area contributed by atoms with Gasteiger partial charge in [0, 0.05) is 6.54 Å². The van der Waals surface area contributed by atoms with Crippen molar-refractivity contribution in [1.29, 1.82) is 0 Å². The maximum absolute atomic E-state index is 11.8. The Morgan fingerprint density at radius 3 is 3.00 bits per heavy atom. The highest BCUT2D eigenvalue weighted by atomic mass is 16.3. The van der Waals surface area contributed by atoms with Crippen LogP contribution in [0.25, 0.3) is 0 Å². The maximum atomic E-state index is 11.8. The van der Waals surface area contributed by atoms with Gasteiger partial charge in [-0.3, -0.25) is 4.79 Å². The second-order valence-electron chi connectivity index (χ2n) is 4.73. The van der Waals surface area contributed by atoms with Crippen molar-refractivity contribution in [1.82, 2.24) is 10.6 Å². The van der Waals surface area contributed by atoms with Crippen molar-refractivity contribution in [2.24, 2.45) is 5.92 Å². The maximum Gasteiger partial charge on any atom is 0.237 e. The zero-order valence-corrected chi connectivity index (χ0v) is 10.3. The zero-order chi connectivity index (χ0) is 12.0. The van der Waals surface area contributed by atoms with Gasteiger partial charge < -0.3 is 15.7 Å². The molecule has 1 saturated heterocycles. The Morgan fingerprint density at radius 2 is 2.38 bits per heavy atom. The van der Waals surface area contributed by atoms with Crippen molar-refractivity contribution >= 4 is 5.91 Å². The predicted molar refractivity (Wildman–Crippen MR) is 64.1 cm³/mol. The molecule has 0 aromatic heterocycles. The Balaban J connectivity index is 2.24. The molecule has 0 spiro atoms. The first-order chi connectivity index (χ1) is 7.63. The first-order valence-electron chi connectivity index (χ1n) is 6.32. The molecule has 1 aliphatic heterocycles. The highest BCUT2D eigenvalue weighted by Gasteiger charge is 2.25. The van der Waals surface area contributed by atoms with E-state index >= 15 is 0 Å². The van der Waals surface area contributed by atoms with Gasteiger partial charge in [-0.05, 0) is 38.6 Å². The summed E-state index contributed by atoms with van der Waals surface area (Å²) in [6.45, 7) is 5.41. The second-order valence-corrected chi connectivity index (χ2v) is 4.73. The van der Waals surface area contributed by atoms with E-state index in [1.165, 1.54) is 6.42 Å². The molecule has 0 bridgehead atoms. The van der Waals surface area contributed by atoms with Crippen LogP contribution in [0.5, 0.6) is 0 Å². The van der Waals surface area contributed by atoms with Gasteiger partial charge in [-0.1, -0.05) is 13.3 Å². The van der Waals surface area contributed by atoms with Crippen LogP contribution in [0.15, 0.2) is 0 Å². The van der Waals surface area contributed by atoms with Gasteiger partial charge in [-0.2, -0.15) is 0 Å².